The molecule has 20 heavy (non-hydrogen) atoms. The van der Waals surface area contributed by atoms with Gasteiger partial charge in [0.25, 0.3) is 0 Å². The van der Waals surface area contributed by atoms with Crippen molar-refractivity contribution in [2.75, 3.05) is 0 Å². The van der Waals surface area contributed by atoms with E-state index < -0.39 is 21.9 Å². The Hall–Kier alpha value is -1.50. The number of halogens is 2. The first-order valence-corrected chi connectivity index (χ1v) is 7.63. The molecule has 1 heterocycles. The van der Waals surface area contributed by atoms with Crippen LogP contribution in [-0.4, -0.2) is 13.4 Å². The molecule has 0 saturated heterocycles. The molecule has 0 unspecified atom stereocenters. The molecule has 1 aromatic carbocycles. The summed E-state index contributed by atoms with van der Waals surface area (Å²) in [4.78, 5) is 3.32. The Balaban J connectivity index is 2.22. The second-order valence-electron chi connectivity index (χ2n) is 4.23. The minimum Gasteiger partial charge on any atom is -0.260 e. The average Bonchev–Trinajstić information content (AvgIpc) is 2.39. The first kappa shape index (κ1) is 14.9. The SMILES string of the molecule is C[C@H](NS(=O)(=O)c1cncc(F)c1)c1ccc(Cl)cc1. The molecule has 0 amide bonds. The molecule has 106 valence electrons. The van der Waals surface area contributed by atoms with Crippen LogP contribution < -0.4 is 4.72 Å². The van der Waals surface area contributed by atoms with E-state index in [-0.39, 0.29) is 4.90 Å². The van der Waals surface area contributed by atoms with Crippen molar-refractivity contribution in [1.29, 1.82) is 0 Å². The third-order valence-corrected chi connectivity index (χ3v) is 4.45. The van der Waals surface area contributed by atoms with Gasteiger partial charge in [0, 0.05) is 17.3 Å². The molecule has 1 N–H and O–H groups in total. The van der Waals surface area contributed by atoms with Crippen molar-refractivity contribution in [1.82, 2.24) is 9.71 Å². The van der Waals surface area contributed by atoms with E-state index in [1.807, 2.05) is 0 Å². The van der Waals surface area contributed by atoms with Crippen LogP contribution >= 0.6 is 11.6 Å². The van der Waals surface area contributed by atoms with Gasteiger partial charge in [-0.15, -0.1) is 0 Å². The van der Waals surface area contributed by atoms with Crippen LogP contribution in [0, 0.1) is 5.82 Å². The van der Waals surface area contributed by atoms with Crippen molar-refractivity contribution in [3.63, 3.8) is 0 Å². The minimum atomic E-state index is -3.83. The highest BCUT2D eigenvalue weighted by Gasteiger charge is 2.19. The standard InChI is InChI=1S/C13H12ClFN2O2S/c1-9(10-2-4-11(14)5-3-10)17-20(18,19)13-6-12(15)7-16-8-13/h2-9,17H,1H3/t9-/m0/s1. The number of rotatable bonds is 4. The van der Waals surface area contributed by atoms with Crippen molar-refractivity contribution >= 4 is 21.6 Å². The van der Waals surface area contributed by atoms with Crippen molar-refractivity contribution in [3.05, 3.63) is 59.1 Å². The summed E-state index contributed by atoms with van der Waals surface area (Å²) in [7, 11) is -3.83. The Morgan fingerprint density at radius 1 is 1.25 bits per heavy atom. The topological polar surface area (TPSA) is 59.1 Å². The molecule has 0 fully saturated rings. The van der Waals surface area contributed by atoms with Crippen molar-refractivity contribution in [2.45, 2.75) is 17.9 Å². The Morgan fingerprint density at radius 2 is 1.90 bits per heavy atom. The van der Waals surface area contributed by atoms with E-state index in [9.17, 15) is 12.8 Å². The van der Waals surface area contributed by atoms with Gasteiger partial charge in [-0.05, 0) is 30.7 Å². The summed E-state index contributed by atoms with van der Waals surface area (Å²) in [5, 5.41) is 0.568. The van der Waals surface area contributed by atoms with Crippen LogP contribution in [0.3, 0.4) is 0 Å². The van der Waals surface area contributed by atoms with Gasteiger partial charge in [-0.2, -0.15) is 0 Å². The highest BCUT2D eigenvalue weighted by Crippen LogP contribution is 2.19. The molecule has 2 aromatic rings. The lowest BCUT2D eigenvalue weighted by Crippen LogP contribution is -2.27. The molecule has 0 aliphatic heterocycles. The lowest BCUT2D eigenvalue weighted by molar-refractivity contribution is 0.562. The van der Waals surface area contributed by atoms with E-state index in [4.69, 9.17) is 11.6 Å². The van der Waals surface area contributed by atoms with Gasteiger partial charge in [0.05, 0.1) is 6.20 Å². The third-order valence-electron chi connectivity index (χ3n) is 2.69. The van der Waals surface area contributed by atoms with Crippen LogP contribution in [0.5, 0.6) is 0 Å². The highest BCUT2D eigenvalue weighted by atomic mass is 35.5. The maximum absolute atomic E-state index is 13.0. The van der Waals surface area contributed by atoms with Crippen molar-refractivity contribution < 1.29 is 12.8 Å². The summed E-state index contributed by atoms with van der Waals surface area (Å²) in [5.74, 6) is -0.702. The minimum absolute atomic E-state index is 0.210. The van der Waals surface area contributed by atoms with Gasteiger partial charge in [-0.1, -0.05) is 23.7 Å². The summed E-state index contributed by atoms with van der Waals surface area (Å²) in [5.41, 5.74) is 0.752. The number of aromatic nitrogens is 1. The van der Waals surface area contributed by atoms with Gasteiger partial charge in [0.2, 0.25) is 10.0 Å². The van der Waals surface area contributed by atoms with Gasteiger partial charge >= 0.3 is 0 Å². The first-order valence-electron chi connectivity index (χ1n) is 5.77. The monoisotopic (exact) mass is 314 g/mol. The van der Waals surface area contributed by atoms with E-state index in [2.05, 4.69) is 9.71 Å². The molecular weight excluding hydrogens is 303 g/mol. The maximum Gasteiger partial charge on any atom is 0.242 e. The zero-order valence-electron chi connectivity index (χ0n) is 10.5. The summed E-state index contributed by atoms with van der Waals surface area (Å²) in [6.07, 6.45) is 2.04. The summed E-state index contributed by atoms with van der Waals surface area (Å²) < 4.78 is 39.7. The van der Waals surface area contributed by atoms with E-state index in [0.29, 0.717) is 5.02 Å². The molecule has 0 aliphatic rings. The smallest absolute Gasteiger partial charge is 0.242 e. The largest absolute Gasteiger partial charge is 0.260 e. The number of hydrogen-bond donors (Lipinski definition) is 1. The second kappa shape index (κ2) is 5.87. The fraction of sp³-hybridized carbons (Fsp3) is 0.154. The normalized spacial score (nSPS) is 13.2. The van der Waals surface area contributed by atoms with Gasteiger partial charge in [-0.3, -0.25) is 4.98 Å². The number of pyridine rings is 1. The molecule has 2 rings (SSSR count). The molecule has 0 aliphatic carbocycles. The van der Waals surface area contributed by atoms with Gasteiger partial charge in [0.1, 0.15) is 10.7 Å². The molecule has 7 heteroatoms. The molecule has 1 atom stereocenters. The predicted molar refractivity (Wildman–Crippen MR) is 74.4 cm³/mol. The molecular formula is C13H12ClFN2O2S. The van der Waals surface area contributed by atoms with Crippen LogP contribution in [0.1, 0.15) is 18.5 Å². The molecule has 0 radical (unpaired) electrons. The van der Waals surface area contributed by atoms with Crippen LogP contribution in [0.25, 0.3) is 0 Å². The third kappa shape index (κ3) is 3.53. The Labute approximate surface area is 121 Å². The Morgan fingerprint density at radius 3 is 2.50 bits per heavy atom. The molecule has 1 aromatic heterocycles. The zero-order valence-corrected chi connectivity index (χ0v) is 12.1. The Bertz CT molecular complexity index is 705. The van der Waals surface area contributed by atoms with E-state index in [0.717, 1.165) is 24.0 Å². The van der Waals surface area contributed by atoms with E-state index in [1.54, 1.807) is 31.2 Å². The lowest BCUT2D eigenvalue weighted by Gasteiger charge is -2.14. The average molecular weight is 315 g/mol. The molecule has 0 bridgehead atoms. The highest BCUT2D eigenvalue weighted by molar-refractivity contribution is 7.89. The van der Waals surface area contributed by atoms with Crippen molar-refractivity contribution in [2.24, 2.45) is 0 Å². The second-order valence-corrected chi connectivity index (χ2v) is 6.38. The van der Waals surface area contributed by atoms with E-state index >= 15 is 0 Å². The van der Waals surface area contributed by atoms with Gasteiger partial charge < -0.3 is 0 Å². The first-order chi connectivity index (χ1) is 9.38. The summed E-state index contributed by atoms with van der Waals surface area (Å²) >= 11 is 5.77. The quantitative estimate of drug-likeness (QED) is 0.944. The number of benzene rings is 1. The Kier molecular flexibility index (Phi) is 4.37. The number of sulfonamides is 1. The lowest BCUT2D eigenvalue weighted by atomic mass is 10.1. The van der Waals surface area contributed by atoms with Crippen LogP contribution in [-0.2, 0) is 10.0 Å². The summed E-state index contributed by atoms with van der Waals surface area (Å²) in [6.45, 7) is 1.69. The van der Waals surface area contributed by atoms with Crippen LogP contribution in [0.15, 0.2) is 47.6 Å². The maximum atomic E-state index is 13.0. The predicted octanol–water partition coefficient (Wildman–Crippen LogP) is 2.91. The number of hydrogen-bond acceptors (Lipinski definition) is 3. The van der Waals surface area contributed by atoms with Crippen molar-refractivity contribution in [3.8, 4) is 0 Å². The zero-order chi connectivity index (χ0) is 14.8. The van der Waals surface area contributed by atoms with Crippen LogP contribution in [0.2, 0.25) is 5.02 Å². The number of nitrogens with zero attached hydrogens (tertiary/aromatic N) is 1. The molecule has 0 saturated carbocycles. The fourth-order valence-electron chi connectivity index (χ4n) is 1.66. The summed E-state index contributed by atoms with van der Waals surface area (Å²) in [6, 6.07) is 7.24. The molecule has 0 spiro atoms. The van der Waals surface area contributed by atoms with Crippen LogP contribution in [0.4, 0.5) is 4.39 Å². The number of nitrogens with one attached hydrogen (secondary N) is 1. The van der Waals surface area contributed by atoms with E-state index in [1.165, 1.54) is 0 Å². The van der Waals surface area contributed by atoms with Gasteiger partial charge in [0.15, 0.2) is 0 Å². The molecule has 4 nitrogen and oxygen atoms in total. The fourth-order valence-corrected chi connectivity index (χ4v) is 2.99. The van der Waals surface area contributed by atoms with Gasteiger partial charge in [-0.25, -0.2) is 17.5 Å².